The van der Waals surface area contributed by atoms with Crippen LogP contribution in [0.4, 0.5) is 32.3 Å². The predicted molar refractivity (Wildman–Crippen MR) is 140 cm³/mol. The highest BCUT2D eigenvalue weighted by atomic mass is 19.1. The highest BCUT2D eigenvalue weighted by Gasteiger charge is 2.23. The summed E-state index contributed by atoms with van der Waals surface area (Å²) in [4.78, 5) is 26.9. The number of carbonyl (C=O) groups excluding carboxylic acids is 1. The van der Waals surface area contributed by atoms with Gasteiger partial charge in [-0.2, -0.15) is 4.98 Å². The minimum atomic E-state index is -0.687. The van der Waals surface area contributed by atoms with Crippen molar-refractivity contribution in [3.05, 3.63) is 54.5 Å². The number of para-hydroxylation sites is 1. The second-order valence-electron chi connectivity index (χ2n) is 8.72. The van der Waals surface area contributed by atoms with Crippen LogP contribution < -0.4 is 29.3 Å². The number of benzene rings is 2. The molecule has 4 rings (SSSR count). The number of hydrogen-bond acceptors (Lipinski definition) is 9. The molecule has 1 amide bonds. The lowest BCUT2D eigenvalue weighted by Crippen LogP contribution is -2.50. The van der Waals surface area contributed by atoms with Gasteiger partial charge in [-0.3, -0.25) is 4.90 Å². The highest BCUT2D eigenvalue weighted by molar-refractivity contribution is 5.88. The van der Waals surface area contributed by atoms with Gasteiger partial charge in [-0.1, -0.05) is 6.07 Å². The topological polar surface area (TPSA) is 92.3 Å². The first kappa shape index (κ1) is 26.0. The van der Waals surface area contributed by atoms with Gasteiger partial charge in [0.25, 0.3) is 0 Å². The average molecular weight is 511 g/mol. The van der Waals surface area contributed by atoms with Crippen molar-refractivity contribution < 1.29 is 23.4 Å². The number of amides is 1. The van der Waals surface area contributed by atoms with Crippen molar-refractivity contribution in [1.82, 2.24) is 14.9 Å². The van der Waals surface area contributed by atoms with Crippen molar-refractivity contribution in [2.75, 3.05) is 63.1 Å². The van der Waals surface area contributed by atoms with Crippen molar-refractivity contribution in [1.29, 1.82) is 0 Å². The van der Waals surface area contributed by atoms with Gasteiger partial charge in [-0.05, 0) is 50.4 Å². The molecular weight excluding hydrogens is 479 g/mol. The molecule has 1 atom stereocenters. The van der Waals surface area contributed by atoms with Crippen LogP contribution in [0.5, 0.6) is 17.2 Å². The first-order chi connectivity index (χ1) is 17.8. The van der Waals surface area contributed by atoms with Gasteiger partial charge in [-0.15, -0.1) is 0 Å². The Morgan fingerprint density at radius 2 is 1.92 bits per heavy atom. The van der Waals surface area contributed by atoms with Gasteiger partial charge in [0.15, 0.2) is 11.5 Å². The molecule has 1 aliphatic rings. The van der Waals surface area contributed by atoms with Crippen LogP contribution in [0.1, 0.15) is 6.92 Å². The summed E-state index contributed by atoms with van der Waals surface area (Å²) in [6.45, 7) is 4.53. The van der Waals surface area contributed by atoms with E-state index in [1.807, 2.05) is 0 Å². The molecule has 0 saturated carbocycles. The Morgan fingerprint density at radius 1 is 1.14 bits per heavy atom. The first-order valence-electron chi connectivity index (χ1n) is 11.8. The molecule has 1 saturated heterocycles. The van der Waals surface area contributed by atoms with E-state index in [2.05, 4.69) is 39.1 Å². The van der Waals surface area contributed by atoms with E-state index >= 15 is 0 Å². The number of rotatable bonds is 7. The summed E-state index contributed by atoms with van der Waals surface area (Å²) in [5.74, 6) is 1.10. The van der Waals surface area contributed by atoms with Gasteiger partial charge in [0.05, 0.1) is 19.9 Å². The highest BCUT2D eigenvalue weighted by Crippen LogP contribution is 2.37. The van der Waals surface area contributed by atoms with Crippen molar-refractivity contribution >= 4 is 29.2 Å². The summed E-state index contributed by atoms with van der Waals surface area (Å²) in [7, 11) is 6.55. The number of likely N-dealkylation sites (N-methyl/N-ethyl adjacent to an activating group) is 1. The van der Waals surface area contributed by atoms with Crippen LogP contribution in [-0.2, 0) is 0 Å². The van der Waals surface area contributed by atoms with E-state index in [-0.39, 0.29) is 23.3 Å². The minimum Gasteiger partial charge on any atom is -0.493 e. The van der Waals surface area contributed by atoms with Crippen LogP contribution in [0.3, 0.4) is 0 Å². The zero-order valence-corrected chi connectivity index (χ0v) is 21.6. The SMILES string of the molecule is COc1cccc(OC(=O)N(C)c2ccnc(Nc3ccc(N4CCN(C)C(C)C4)c(F)c3)n2)c1OC. The monoisotopic (exact) mass is 510 g/mol. The van der Waals surface area contributed by atoms with Crippen LogP contribution >= 0.6 is 0 Å². The summed E-state index contributed by atoms with van der Waals surface area (Å²) in [6.07, 6.45) is 0.810. The van der Waals surface area contributed by atoms with Crippen molar-refractivity contribution in [2.24, 2.45) is 0 Å². The molecule has 1 aliphatic heterocycles. The molecule has 0 radical (unpaired) electrons. The number of anilines is 4. The third-order valence-corrected chi connectivity index (χ3v) is 6.33. The molecule has 1 fully saturated rings. The predicted octanol–water partition coefficient (Wildman–Crippen LogP) is 4.15. The van der Waals surface area contributed by atoms with E-state index < -0.39 is 6.09 Å². The molecule has 1 unspecified atom stereocenters. The Kier molecular flexibility index (Phi) is 7.92. The first-order valence-corrected chi connectivity index (χ1v) is 11.8. The number of hydrogen-bond donors (Lipinski definition) is 1. The molecule has 196 valence electrons. The molecule has 3 aromatic rings. The molecule has 1 aromatic heterocycles. The van der Waals surface area contributed by atoms with E-state index in [9.17, 15) is 9.18 Å². The lowest BCUT2D eigenvalue weighted by Gasteiger charge is -2.39. The fourth-order valence-electron chi connectivity index (χ4n) is 4.03. The number of nitrogens with zero attached hydrogens (tertiary/aromatic N) is 5. The molecule has 2 heterocycles. The maximum atomic E-state index is 15.0. The summed E-state index contributed by atoms with van der Waals surface area (Å²) in [6, 6.07) is 11.8. The van der Waals surface area contributed by atoms with Gasteiger partial charge < -0.3 is 29.3 Å². The standard InChI is InChI=1S/C26H31FN6O4/c1-17-16-33(14-13-31(17)2)20-10-9-18(15-19(20)27)29-25-28-12-11-23(30-25)32(3)26(34)37-22-8-6-7-21(35-4)24(22)36-5/h6-12,15,17H,13-14,16H2,1-5H3,(H,28,29,30). The number of methoxy groups -OCH3 is 2. The Hall–Kier alpha value is -4.12. The van der Waals surface area contributed by atoms with E-state index in [1.54, 1.807) is 36.4 Å². The molecule has 37 heavy (non-hydrogen) atoms. The van der Waals surface area contributed by atoms with Crippen molar-refractivity contribution in [3.63, 3.8) is 0 Å². The Balaban J connectivity index is 1.45. The van der Waals surface area contributed by atoms with Gasteiger partial charge in [0.2, 0.25) is 11.7 Å². The zero-order valence-electron chi connectivity index (χ0n) is 21.6. The third-order valence-electron chi connectivity index (χ3n) is 6.33. The average Bonchev–Trinajstić information content (AvgIpc) is 2.90. The van der Waals surface area contributed by atoms with Gasteiger partial charge in [-0.25, -0.2) is 14.2 Å². The molecule has 0 aliphatic carbocycles. The Labute approximate surface area is 215 Å². The fraction of sp³-hybridized carbons (Fsp3) is 0.346. The number of ether oxygens (including phenoxy) is 3. The number of aromatic nitrogens is 2. The molecule has 11 heteroatoms. The van der Waals surface area contributed by atoms with E-state index in [4.69, 9.17) is 14.2 Å². The number of nitrogens with one attached hydrogen (secondary N) is 1. The van der Waals surface area contributed by atoms with Crippen LogP contribution in [0.2, 0.25) is 0 Å². The lowest BCUT2D eigenvalue weighted by atomic mass is 10.1. The molecule has 10 nitrogen and oxygen atoms in total. The normalized spacial score (nSPS) is 15.7. The Bertz CT molecular complexity index is 1260. The second kappa shape index (κ2) is 11.3. The summed E-state index contributed by atoms with van der Waals surface area (Å²) in [5.41, 5.74) is 1.06. The summed E-state index contributed by atoms with van der Waals surface area (Å²) in [5, 5.41) is 3.00. The number of carbonyl (C=O) groups is 1. The quantitative estimate of drug-likeness (QED) is 0.503. The molecule has 0 spiro atoms. The third kappa shape index (κ3) is 5.83. The van der Waals surface area contributed by atoms with Crippen LogP contribution in [-0.4, -0.2) is 75.0 Å². The van der Waals surface area contributed by atoms with Gasteiger partial charge in [0.1, 0.15) is 11.6 Å². The molecule has 2 aromatic carbocycles. The van der Waals surface area contributed by atoms with Crippen LogP contribution in [0.15, 0.2) is 48.7 Å². The van der Waals surface area contributed by atoms with Crippen LogP contribution in [0.25, 0.3) is 0 Å². The van der Waals surface area contributed by atoms with Crippen molar-refractivity contribution in [2.45, 2.75) is 13.0 Å². The van der Waals surface area contributed by atoms with Crippen LogP contribution in [0, 0.1) is 5.82 Å². The molecular formula is C26H31FN6O4. The van der Waals surface area contributed by atoms with Crippen molar-refractivity contribution in [3.8, 4) is 17.2 Å². The number of halogens is 1. The lowest BCUT2D eigenvalue weighted by molar-refractivity contribution is 0.206. The summed E-state index contributed by atoms with van der Waals surface area (Å²) >= 11 is 0. The Morgan fingerprint density at radius 3 is 2.62 bits per heavy atom. The minimum absolute atomic E-state index is 0.205. The molecule has 1 N–H and O–H groups in total. The maximum Gasteiger partial charge on any atom is 0.420 e. The van der Waals surface area contributed by atoms with Gasteiger partial charge >= 0.3 is 6.09 Å². The molecule has 0 bridgehead atoms. The maximum absolute atomic E-state index is 15.0. The van der Waals surface area contributed by atoms with E-state index in [1.165, 1.54) is 38.4 Å². The van der Waals surface area contributed by atoms with E-state index in [0.717, 1.165) is 19.6 Å². The summed E-state index contributed by atoms with van der Waals surface area (Å²) < 4.78 is 31.0. The zero-order chi connectivity index (χ0) is 26.5. The smallest absolute Gasteiger partial charge is 0.420 e. The number of piperazine rings is 1. The fourth-order valence-corrected chi connectivity index (χ4v) is 4.03. The van der Waals surface area contributed by atoms with Gasteiger partial charge in [0, 0.05) is 44.6 Å². The largest absolute Gasteiger partial charge is 0.493 e. The second-order valence-corrected chi connectivity index (χ2v) is 8.72. The van der Waals surface area contributed by atoms with E-state index in [0.29, 0.717) is 28.9 Å².